The standard InChI is InChI=1S/C11H10BrClN2O3/c12-6-11(4-5-11)14-10(16)9-7(13)2-1-3-8(9)15(17)18/h1-3H,4-6H2,(H,14,16). The highest BCUT2D eigenvalue weighted by molar-refractivity contribution is 9.09. The van der Waals surface area contributed by atoms with E-state index in [9.17, 15) is 14.9 Å². The van der Waals surface area contributed by atoms with Gasteiger partial charge in [-0.3, -0.25) is 14.9 Å². The molecule has 0 bridgehead atoms. The molecule has 0 saturated heterocycles. The fourth-order valence-electron chi connectivity index (χ4n) is 1.64. The van der Waals surface area contributed by atoms with E-state index in [0.29, 0.717) is 5.33 Å². The second-order valence-corrected chi connectivity index (χ2v) is 5.23. The van der Waals surface area contributed by atoms with E-state index in [-0.39, 0.29) is 21.8 Å². The zero-order valence-electron chi connectivity index (χ0n) is 9.28. The van der Waals surface area contributed by atoms with Crippen LogP contribution < -0.4 is 5.32 Å². The first-order chi connectivity index (χ1) is 8.49. The van der Waals surface area contributed by atoms with E-state index in [1.54, 1.807) is 0 Å². The normalized spacial score (nSPS) is 16.1. The van der Waals surface area contributed by atoms with Gasteiger partial charge in [0.05, 0.1) is 15.5 Å². The summed E-state index contributed by atoms with van der Waals surface area (Å²) in [5.41, 5.74) is -0.619. The van der Waals surface area contributed by atoms with Crippen molar-refractivity contribution in [1.82, 2.24) is 5.32 Å². The van der Waals surface area contributed by atoms with Crippen molar-refractivity contribution >= 4 is 39.1 Å². The maximum atomic E-state index is 12.1. The highest BCUT2D eigenvalue weighted by Gasteiger charge is 2.44. The van der Waals surface area contributed by atoms with Gasteiger partial charge in [0.25, 0.3) is 11.6 Å². The molecular formula is C11H10BrClN2O3. The summed E-state index contributed by atoms with van der Waals surface area (Å²) in [5, 5.41) is 14.4. The summed E-state index contributed by atoms with van der Waals surface area (Å²) in [6.45, 7) is 0. The van der Waals surface area contributed by atoms with Crippen molar-refractivity contribution in [3.63, 3.8) is 0 Å². The number of nitrogens with zero attached hydrogens (tertiary/aromatic N) is 1. The minimum atomic E-state index is -0.603. The minimum absolute atomic E-state index is 0.0728. The van der Waals surface area contributed by atoms with Gasteiger partial charge >= 0.3 is 0 Å². The third kappa shape index (κ3) is 2.49. The van der Waals surface area contributed by atoms with Crippen LogP contribution in [0.15, 0.2) is 18.2 Å². The number of nitro groups is 1. The summed E-state index contributed by atoms with van der Waals surface area (Å²) in [7, 11) is 0. The van der Waals surface area contributed by atoms with E-state index in [1.807, 2.05) is 0 Å². The number of alkyl halides is 1. The summed E-state index contributed by atoms with van der Waals surface area (Å²) < 4.78 is 0. The summed E-state index contributed by atoms with van der Waals surface area (Å²) in [4.78, 5) is 22.4. The van der Waals surface area contributed by atoms with E-state index in [0.717, 1.165) is 12.8 Å². The van der Waals surface area contributed by atoms with Gasteiger partial charge in [-0.05, 0) is 18.9 Å². The van der Waals surface area contributed by atoms with Crippen LogP contribution >= 0.6 is 27.5 Å². The quantitative estimate of drug-likeness (QED) is 0.523. The Bertz CT molecular complexity index is 517. The molecule has 5 nitrogen and oxygen atoms in total. The lowest BCUT2D eigenvalue weighted by molar-refractivity contribution is -0.385. The van der Waals surface area contributed by atoms with Gasteiger partial charge in [-0.2, -0.15) is 0 Å². The molecule has 1 fully saturated rings. The number of carbonyl (C=O) groups excluding carboxylic acids is 1. The molecular weight excluding hydrogens is 323 g/mol. The smallest absolute Gasteiger partial charge is 0.283 e. The van der Waals surface area contributed by atoms with Crippen molar-refractivity contribution in [2.24, 2.45) is 0 Å². The van der Waals surface area contributed by atoms with E-state index in [1.165, 1.54) is 18.2 Å². The molecule has 96 valence electrons. The maximum absolute atomic E-state index is 12.1. The Hall–Kier alpha value is -1.14. The van der Waals surface area contributed by atoms with E-state index in [2.05, 4.69) is 21.2 Å². The summed E-state index contributed by atoms with van der Waals surface area (Å²) in [6, 6.07) is 4.19. The van der Waals surface area contributed by atoms with Crippen molar-refractivity contribution in [2.45, 2.75) is 18.4 Å². The summed E-state index contributed by atoms with van der Waals surface area (Å²) in [6.07, 6.45) is 1.73. The van der Waals surface area contributed by atoms with Crippen molar-refractivity contribution in [2.75, 3.05) is 5.33 Å². The number of amides is 1. The van der Waals surface area contributed by atoms with Crippen LogP contribution in [0.5, 0.6) is 0 Å². The molecule has 2 rings (SSSR count). The van der Waals surface area contributed by atoms with Gasteiger partial charge in [-0.1, -0.05) is 33.6 Å². The number of halogens is 2. The highest BCUT2D eigenvalue weighted by Crippen LogP contribution is 2.38. The van der Waals surface area contributed by atoms with E-state index in [4.69, 9.17) is 11.6 Å². The zero-order chi connectivity index (χ0) is 13.3. The highest BCUT2D eigenvalue weighted by atomic mass is 79.9. The van der Waals surface area contributed by atoms with Gasteiger partial charge < -0.3 is 5.32 Å². The first-order valence-electron chi connectivity index (χ1n) is 5.30. The molecule has 1 aliphatic rings. The fourth-order valence-corrected chi connectivity index (χ4v) is 2.59. The van der Waals surface area contributed by atoms with Crippen LogP contribution in [0.1, 0.15) is 23.2 Å². The second-order valence-electron chi connectivity index (χ2n) is 4.26. The van der Waals surface area contributed by atoms with Gasteiger partial charge in [0, 0.05) is 11.4 Å². The Morgan fingerprint density at radius 2 is 2.22 bits per heavy atom. The lowest BCUT2D eigenvalue weighted by atomic mass is 10.1. The first kappa shape index (κ1) is 13.3. The molecule has 1 aromatic carbocycles. The van der Waals surface area contributed by atoms with Gasteiger partial charge in [0.2, 0.25) is 0 Å². The molecule has 0 unspecified atom stereocenters. The molecule has 1 saturated carbocycles. The minimum Gasteiger partial charge on any atom is -0.345 e. The Morgan fingerprint density at radius 1 is 1.56 bits per heavy atom. The lowest BCUT2D eigenvalue weighted by Gasteiger charge is -2.14. The Balaban J connectivity index is 2.32. The first-order valence-corrected chi connectivity index (χ1v) is 6.80. The summed E-state index contributed by atoms with van der Waals surface area (Å²) >= 11 is 9.20. The van der Waals surface area contributed by atoms with Crippen LogP contribution in [-0.2, 0) is 0 Å². The van der Waals surface area contributed by atoms with Gasteiger partial charge in [0.1, 0.15) is 5.56 Å². The molecule has 7 heteroatoms. The zero-order valence-corrected chi connectivity index (χ0v) is 11.6. The van der Waals surface area contributed by atoms with Gasteiger partial charge in [-0.25, -0.2) is 0 Å². The largest absolute Gasteiger partial charge is 0.345 e. The SMILES string of the molecule is O=C(NC1(CBr)CC1)c1c(Cl)cccc1[N+](=O)[O-]. The van der Waals surface area contributed by atoms with Crippen LogP contribution in [0.3, 0.4) is 0 Å². The van der Waals surface area contributed by atoms with E-state index < -0.39 is 10.8 Å². The third-order valence-electron chi connectivity index (χ3n) is 2.90. The topological polar surface area (TPSA) is 72.2 Å². The molecule has 1 amide bonds. The molecule has 1 aromatic rings. The number of hydrogen-bond acceptors (Lipinski definition) is 3. The van der Waals surface area contributed by atoms with Crippen molar-refractivity contribution in [1.29, 1.82) is 0 Å². The number of nitro benzene ring substituents is 1. The van der Waals surface area contributed by atoms with Crippen LogP contribution in [-0.4, -0.2) is 21.7 Å². The van der Waals surface area contributed by atoms with Gasteiger partial charge in [0.15, 0.2) is 0 Å². The second kappa shape index (κ2) is 4.85. The Kier molecular flexibility index (Phi) is 3.59. The maximum Gasteiger partial charge on any atom is 0.283 e. The number of carbonyl (C=O) groups is 1. The van der Waals surface area contributed by atoms with Gasteiger partial charge in [-0.15, -0.1) is 0 Å². The molecule has 0 aromatic heterocycles. The third-order valence-corrected chi connectivity index (χ3v) is 4.29. The number of nitrogens with one attached hydrogen (secondary N) is 1. The predicted octanol–water partition coefficient (Wildman–Crippen LogP) is 2.91. The monoisotopic (exact) mass is 332 g/mol. The summed E-state index contributed by atoms with van der Waals surface area (Å²) in [5.74, 6) is -0.496. The molecule has 0 atom stereocenters. The lowest BCUT2D eigenvalue weighted by Crippen LogP contribution is -2.38. The molecule has 0 radical (unpaired) electrons. The average Bonchev–Trinajstić information content (AvgIpc) is 3.08. The Labute approximate surface area is 117 Å². The van der Waals surface area contributed by atoms with Crippen molar-refractivity contribution in [3.8, 4) is 0 Å². The van der Waals surface area contributed by atoms with E-state index >= 15 is 0 Å². The van der Waals surface area contributed by atoms with Crippen LogP contribution in [0.4, 0.5) is 5.69 Å². The molecule has 1 N–H and O–H groups in total. The number of hydrogen-bond donors (Lipinski definition) is 1. The molecule has 0 heterocycles. The van der Waals surface area contributed by atoms with Crippen LogP contribution in [0, 0.1) is 10.1 Å². The number of rotatable bonds is 4. The van der Waals surface area contributed by atoms with Crippen LogP contribution in [0.25, 0.3) is 0 Å². The molecule has 18 heavy (non-hydrogen) atoms. The molecule has 1 aliphatic carbocycles. The average molecular weight is 334 g/mol. The fraction of sp³-hybridized carbons (Fsp3) is 0.364. The molecule has 0 spiro atoms. The van der Waals surface area contributed by atoms with Crippen LogP contribution in [0.2, 0.25) is 5.02 Å². The molecule has 0 aliphatic heterocycles. The van der Waals surface area contributed by atoms with Crippen molar-refractivity contribution in [3.05, 3.63) is 38.9 Å². The number of benzene rings is 1. The van der Waals surface area contributed by atoms with Crippen molar-refractivity contribution < 1.29 is 9.72 Å². The Morgan fingerprint density at radius 3 is 2.72 bits per heavy atom. The predicted molar refractivity (Wildman–Crippen MR) is 71.3 cm³/mol.